The molecule has 234 valence electrons. The van der Waals surface area contributed by atoms with Gasteiger partial charge in [-0.2, -0.15) is 0 Å². The van der Waals surface area contributed by atoms with Gasteiger partial charge in [0.2, 0.25) is 0 Å². The molecule has 11 rings (SSSR count). The van der Waals surface area contributed by atoms with Crippen LogP contribution in [0.3, 0.4) is 0 Å². The number of ether oxygens (including phenoxy) is 1. The van der Waals surface area contributed by atoms with E-state index in [2.05, 4.69) is 135 Å². The summed E-state index contributed by atoms with van der Waals surface area (Å²) in [6, 6.07) is 51.1. The number of benzene rings is 6. The fourth-order valence-electron chi connectivity index (χ4n) is 7.86. The second-order valence-electron chi connectivity index (χ2n) is 12.7. The zero-order valence-corrected chi connectivity index (χ0v) is 26.7. The van der Waals surface area contributed by atoms with Crippen molar-refractivity contribution in [2.24, 2.45) is 0 Å². The van der Waals surface area contributed by atoms with Crippen LogP contribution in [-0.4, -0.2) is 23.5 Å². The highest BCUT2D eigenvalue weighted by Crippen LogP contribution is 2.40. The molecular formula is C44H27N5O. The molecule has 0 bridgehead atoms. The van der Waals surface area contributed by atoms with Gasteiger partial charge in [-0.15, -0.1) is 0 Å². The van der Waals surface area contributed by atoms with Gasteiger partial charge in [-0.05, 0) is 84.2 Å². The van der Waals surface area contributed by atoms with E-state index in [1.165, 1.54) is 21.7 Å². The van der Waals surface area contributed by atoms with Gasteiger partial charge >= 0.3 is 0 Å². The molecule has 0 saturated heterocycles. The van der Waals surface area contributed by atoms with Crippen LogP contribution in [0.4, 0.5) is 0 Å². The van der Waals surface area contributed by atoms with Crippen LogP contribution >= 0.6 is 0 Å². The second-order valence-corrected chi connectivity index (χ2v) is 12.7. The first-order valence-corrected chi connectivity index (χ1v) is 16.7. The molecule has 0 aliphatic heterocycles. The number of imidazole rings is 1. The Balaban J connectivity index is 1.10. The lowest BCUT2D eigenvalue weighted by Gasteiger charge is -2.13. The van der Waals surface area contributed by atoms with Gasteiger partial charge in [-0.3, -0.25) is 8.97 Å². The van der Waals surface area contributed by atoms with Gasteiger partial charge in [-0.25, -0.2) is 9.97 Å². The van der Waals surface area contributed by atoms with Gasteiger partial charge in [-0.1, -0.05) is 60.7 Å². The largest absolute Gasteiger partial charge is 0.457 e. The number of hydrogen-bond donors (Lipinski definition) is 0. The third-order valence-electron chi connectivity index (χ3n) is 9.97. The Labute approximate surface area is 285 Å². The second kappa shape index (κ2) is 10.3. The highest BCUT2D eigenvalue weighted by atomic mass is 16.5. The Kier molecular flexibility index (Phi) is 5.57. The van der Waals surface area contributed by atoms with Crippen LogP contribution in [0.5, 0.6) is 11.5 Å². The van der Waals surface area contributed by atoms with Gasteiger partial charge in [0.05, 0.1) is 27.8 Å². The predicted molar refractivity (Wildman–Crippen MR) is 203 cm³/mol. The SMILES string of the molecule is c1ccc(-n2c3ccccc3c3cc4c5cccnc5n(-c5cccc(Oc6ccc7c8ccccc8n8ccnc8c7c6)c5)c4cc32)cc1. The van der Waals surface area contributed by atoms with Crippen LogP contribution in [0.2, 0.25) is 0 Å². The van der Waals surface area contributed by atoms with Crippen molar-refractivity contribution in [2.75, 3.05) is 0 Å². The molecule has 50 heavy (non-hydrogen) atoms. The lowest BCUT2D eigenvalue weighted by atomic mass is 10.1. The number of para-hydroxylation sites is 3. The van der Waals surface area contributed by atoms with Crippen molar-refractivity contribution in [1.29, 1.82) is 0 Å². The monoisotopic (exact) mass is 641 g/mol. The van der Waals surface area contributed by atoms with Crippen LogP contribution in [-0.2, 0) is 0 Å². The van der Waals surface area contributed by atoms with Crippen LogP contribution in [0.15, 0.2) is 164 Å². The minimum Gasteiger partial charge on any atom is -0.457 e. The van der Waals surface area contributed by atoms with Crippen molar-refractivity contribution in [3.8, 4) is 22.9 Å². The number of nitrogens with zero attached hydrogens (tertiary/aromatic N) is 5. The molecule has 0 N–H and O–H groups in total. The first-order valence-electron chi connectivity index (χ1n) is 16.7. The molecule has 6 heteroatoms. The fraction of sp³-hybridized carbons (Fsp3) is 0. The Morgan fingerprint density at radius 2 is 1.08 bits per heavy atom. The highest BCUT2D eigenvalue weighted by Gasteiger charge is 2.19. The zero-order valence-electron chi connectivity index (χ0n) is 26.7. The molecule has 6 aromatic carbocycles. The maximum atomic E-state index is 6.60. The fourth-order valence-corrected chi connectivity index (χ4v) is 7.86. The molecule has 0 atom stereocenters. The molecule has 0 aliphatic rings. The van der Waals surface area contributed by atoms with Crippen LogP contribution < -0.4 is 4.74 Å². The van der Waals surface area contributed by atoms with Crippen molar-refractivity contribution in [3.05, 3.63) is 164 Å². The quantitative estimate of drug-likeness (QED) is 0.180. The van der Waals surface area contributed by atoms with Gasteiger partial charge < -0.3 is 9.30 Å². The summed E-state index contributed by atoms with van der Waals surface area (Å²) < 4.78 is 13.4. The predicted octanol–water partition coefficient (Wildman–Crippen LogP) is 11.0. The van der Waals surface area contributed by atoms with E-state index >= 15 is 0 Å². The summed E-state index contributed by atoms with van der Waals surface area (Å²) in [5, 5.41) is 8.09. The van der Waals surface area contributed by atoms with Gasteiger partial charge in [0, 0.05) is 62.7 Å². The van der Waals surface area contributed by atoms with Crippen molar-refractivity contribution >= 4 is 71.1 Å². The van der Waals surface area contributed by atoms with E-state index in [1.54, 1.807) is 0 Å². The Morgan fingerprint density at radius 3 is 1.98 bits per heavy atom. The van der Waals surface area contributed by atoms with E-state index in [0.717, 1.165) is 72.3 Å². The van der Waals surface area contributed by atoms with Crippen molar-refractivity contribution in [3.63, 3.8) is 0 Å². The number of aromatic nitrogens is 5. The molecule has 0 amide bonds. The summed E-state index contributed by atoms with van der Waals surface area (Å²) in [4.78, 5) is 9.62. The Morgan fingerprint density at radius 1 is 0.380 bits per heavy atom. The summed E-state index contributed by atoms with van der Waals surface area (Å²) in [6.45, 7) is 0. The summed E-state index contributed by atoms with van der Waals surface area (Å²) in [5.41, 5.74) is 8.47. The standard InChI is InChI=1S/C44H27N5O/c1-2-10-28(11-3-1)48-40-18-7-5-15-34(40)36-26-37-35-16-9-21-45-44(35)49(42(37)27-41(36)48)29-12-8-13-30(24-29)50-31-19-20-32-33-14-4-6-17-39(33)47-23-22-46-43(47)38(32)25-31/h1-27H. The average molecular weight is 642 g/mol. The smallest absolute Gasteiger partial charge is 0.145 e. The Bertz CT molecular complexity index is 3130. The van der Waals surface area contributed by atoms with Gasteiger partial charge in [0.25, 0.3) is 0 Å². The first-order chi connectivity index (χ1) is 24.8. The molecule has 6 nitrogen and oxygen atoms in total. The van der Waals surface area contributed by atoms with E-state index in [-0.39, 0.29) is 0 Å². The molecule has 0 fully saturated rings. The molecule has 5 aromatic heterocycles. The number of rotatable bonds is 4. The normalized spacial score (nSPS) is 12.0. The number of pyridine rings is 2. The summed E-state index contributed by atoms with van der Waals surface area (Å²) >= 11 is 0. The minimum absolute atomic E-state index is 0.743. The van der Waals surface area contributed by atoms with E-state index in [0.29, 0.717) is 0 Å². The number of fused-ring (bicyclic) bond motifs is 12. The van der Waals surface area contributed by atoms with Crippen LogP contribution in [0.25, 0.3) is 82.4 Å². The first kappa shape index (κ1) is 27.1. The van der Waals surface area contributed by atoms with Gasteiger partial charge in [0.15, 0.2) is 0 Å². The molecule has 0 aliphatic carbocycles. The van der Waals surface area contributed by atoms with Crippen LogP contribution in [0.1, 0.15) is 0 Å². The molecule has 5 heterocycles. The molecule has 11 aromatic rings. The Hall–Kier alpha value is -6.92. The molecular weight excluding hydrogens is 615 g/mol. The van der Waals surface area contributed by atoms with E-state index in [1.807, 2.05) is 42.9 Å². The lowest BCUT2D eigenvalue weighted by molar-refractivity contribution is 0.483. The molecule has 0 spiro atoms. The molecule has 0 unspecified atom stereocenters. The van der Waals surface area contributed by atoms with E-state index in [9.17, 15) is 0 Å². The third-order valence-corrected chi connectivity index (χ3v) is 9.97. The average Bonchev–Trinajstić information content (AvgIpc) is 3.88. The summed E-state index contributed by atoms with van der Waals surface area (Å²) in [6.07, 6.45) is 5.73. The maximum Gasteiger partial charge on any atom is 0.145 e. The molecule has 0 radical (unpaired) electrons. The van der Waals surface area contributed by atoms with E-state index < -0.39 is 0 Å². The zero-order chi connectivity index (χ0) is 32.8. The summed E-state index contributed by atoms with van der Waals surface area (Å²) in [5.74, 6) is 1.50. The minimum atomic E-state index is 0.743. The topological polar surface area (TPSA) is 49.3 Å². The van der Waals surface area contributed by atoms with Crippen molar-refractivity contribution in [1.82, 2.24) is 23.5 Å². The van der Waals surface area contributed by atoms with Crippen molar-refractivity contribution < 1.29 is 4.74 Å². The third kappa shape index (κ3) is 3.84. The molecule has 0 saturated carbocycles. The highest BCUT2D eigenvalue weighted by molar-refractivity contribution is 6.18. The van der Waals surface area contributed by atoms with E-state index in [4.69, 9.17) is 14.7 Å². The lowest BCUT2D eigenvalue weighted by Crippen LogP contribution is -1.97. The van der Waals surface area contributed by atoms with Crippen LogP contribution in [0, 0.1) is 0 Å². The summed E-state index contributed by atoms with van der Waals surface area (Å²) in [7, 11) is 0. The maximum absolute atomic E-state index is 6.60. The van der Waals surface area contributed by atoms with Gasteiger partial charge in [0.1, 0.15) is 22.8 Å². The number of hydrogen-bond acceptors (Lipinski definition) is 3. The van der Waals surface area contributed by atoms with Crippen molar-refractivity contribution in [2.45, 2.75) is 0 Å².